The van der Waals surface area contributed by atoms with Crippen LogP contribution in [-0.4, -0.2) is 34.5 Å². The summed E-state index contributed by atoms with van der Waals surface area (Å²) in [7, 11) is 0. The quantitative estimate of drug-likeness (QED) is 0.882. The van der Waals surface area contributed by atoms with Crippen LogP contribution in [0.1, 0.15) is 53.9 Å². The molecule has 0 saturated heterocycles. The molecule has 1 aromatic heterocycles. The molecule has 27 heavy (non-hydrogen) atoms. The zero-order valence-corrected chi connectivity index (χ0v) is 16.3. The van der Waals surface area contributed by atoms with Crippen molar-refractivity contribution in [2.24, 2.45) is 0 Å². The molecule has 0 atom stereocenters. The van der Waals surface area contributed by atoms with Crippen molar-refractivity contribution < 1.29 is 0 Å². The number of aromatic amines is 1. The van der Waals surface area contributed by atoms with Crippen LogP contribution in [0.4, 0.5) is 0 Å². The van der Waals surface area contributed by atoms with Gasteiger partial charge in [-0.15, -0.1) is 0 Å². The summed E-state index contributed by atoms with van der Waals surface area (Å²) < 4.78 is 0. The van der Waals surface area contributed by atoms with E-state index in [4.69, 9.17) is 4.98 Å². The Morgan fingerprint density at radius 2 is 1.93 bits per heavy atom. The van der Waals surface area contributed by atoms with E-state index in [1.807, 2.05) is 0 Å². The Kier molecular flexibility index (Phi) is 5.53. The average Bonchev–Trinajstić information content (AvgIpc) is 2.69. The Balaban J connectivity index is 1.30. The van der Waals surface area contributed by atoms with E-state index in [0.29, 0.717) is 0 Å². The van der Waals surface area contributed by atoms with Crippen molar-refractivity contribution in [2.75, 3.05) is 19.6 Å². The van der Waals surface area contributed by atoms with Gasteiger partial charge in [-0.1, -0.05) is 35.9 Å². The lowest BCUT2D eigenvalue weighted by Crippen LogP contribution is -2.30. The van der Waals surface area contributed by atoms with E-state index in [2.05, 4.69) is 47.1 Å². The lowest BCUT2D eigenvalue weighted by Gasteiger charge is -2.26. The minimum atomic E-state index is 0.0957. The number of aromatic nitrogens is 2. The number of hydrogen-bond donors (Lipinski definition) is 1. The second-order valence-electron chi connectivity index (χ2n) is 7.89. The zero-order chi connectivity index (χ0) is 18.6. The van der Waals surface area contributed by atoms with E-state index in [-0.39, 0.29) is 5.56 Å². The minimum Gasteiger partial charge on any atom is -0.310 e. The summed E-state index contributed by atoms with van der Waals surface area (Å²) in [6.07, 6.45) is 9.50. The highest BCUT2D eigenvalue weighted by molar-refractivity contribution is 5.66. The van der Waals surface area contributed by atoms with Gasteiger partial charge in [0.1, 0.15) is 5.82 Å². The molecule has 1 N–H and O–H groups in total. The van der Waals surface area contributed by atoms with E-state index >= 15 is 0 Å². The maximum absolute atomic E-state index is 12.2. The molecule has 0 unspecified atom stereocenters. The molecule has 1 aromatic carbocycles. The number of hydrogen-bond acceptors (Lipinski definition) is 3. The monoisotopic (exact) mass is 363 g/mol. The predicted molar refractivity (Wildman–Crippen MR) is 110 cm³/mol. The lowest BCUT2D eigenvalue weighted by molar-refractivity contribution is 0.297. The summed E-state index contributed by atoms with van der Waals surface area (Å²) in [5, 5.41) is 0. The molecular formula is C23H29N3O. The van der Waals surface area contributed by atoms with Gasteiger partial charge in [0.15, 0.2) is 0 Å². The molecule has 142 valence electrons. The van der Waals surface area contributed by atoms with Gasteiger partial charge in [0.25, 0.3) is 5.56 Å². The largest absolute Gasteiger partial charge is 0.310 e. The van der Waals surface area contributed by atoms with Crippen molar-refractivity contribution in [3.63, 3.8) is 0 Å². The molecule has 1 aliphatic carbocycles. The third-order valence-corrected chi connectivity index (χ3v) is 5.84. The summed E-state index contributed by atoms with van der Waals surface area (Å²) in [5.74, 6) is 0.869. The van der Waals surface area contributed by atoms with Crippen LogP contribution in [-0.2, 0) is 19.3 Å². The van der Waals surface area contributed by atoms with Gasteiger partial charge in [0.05, 0.1) is 5.69 Å². The topological polar surface area (TPSA) is 49.0 Å². The van der Waals surface area contributed by atoms with Crippen LogP contribution in [0.2, 0.25) is 0 Å². The average molecular weight is 364 g/mol. The fourth-order valence-electron chi connectivity index (χ4n) is 4.19. The molecule has 1 aliphatic heterocycles. The Labute approximate surface area is 161 Å². The highest BCUT2D eigenvalue weighted by Crippen LogP contribution is 2.23. The molecule has 2 aliphatic rings. The van der Waals surface area contributed by atoms with Crippen LogP contribution in [0.5, 0.6) is 0 Å². The SMILES string of the molecule is Cc1ccc(C2=CCN(CCCc3nc4c(c(=O)[nH]3)CCCC4)CC2)cc1. The first-order valence-corrected chi connectivity index (χ1v) is 10.3. The molecule has 2 heterocycles. The molecule has 4 rings (SSSR count). The van der Waals surface area contributed by atoms with E-state index < -0.39 is 0 Å². The van der Waals surface area contributed by atoms with Gasteiger partial charge in [-0.3, -0.25) is 9.69 Å². The highest BCUT2D eigenvalue weighted by atomic mass is 16.1. The standard InChI is InChI=1S/C23H29N3O/c1-17-8-10-18(11-9-17)19-12-15-26(16-13-19)14-4-7-22-24-21-6-3-2-5-20(21)23(27)25-22/h8-12H,2-7,13-16H2,1H3,(H,24,25,27). The fraction of sp³-hybridized carbons (Fsp3) is 0.478. The molecule has 0 fully saturated rings. The van der Waals surface area contributed by atoms with Gasteiger partial charge >= 0.3 is 0 Å². The first kappa shape index (κ1) is 18.2. The van der Waals surface area contributed by atoms with Crippen LogP contribution >= 0.6 is 0 Å². The van der Waals surface area contributed by atoms with Gasteiger partial charge in [-0.05, 0) is 63.1 Å². The van der Waals surface area contributed by atoms with Gasteiger partial charge in [-0.2, -0.15) is 0 Å². The summed E-state index contributed by atoms with van der Waals surface area (Å²) >= 11 is 0. The highest BCUT2D eigenvalue weighted by Gasteiger charge is 2.16. The molecule has 0 radical (unpaired) electrons. The minimum absolute atomic E-state index is 0.0957. The summed E-state index contributed by atoms with van der Waals surface area (Å²) in [4.78, 5) is 22.5. The van der Waals surface area contributed by atoms with Crippen molar-refractivity contribution in [2.45, 2.75) is 51.9 Å². The van der Waals surface area contributed by atoms with E-state index in [1.165, 1.54) is 16.7 Å². The first-order chi connectivity index (χ1) is 13.2. The Hall–Kier alpha value is -2.20. The maximum Gasteiger partial charge on any atom is 0.254 e. The number of benzene rings is 1. The lowest BCUT2D eigenvalue weighted by atomic mass is 9.97. The normalized spacial score (nSPS) is 17.4. The van der Waals surface area contributed by atoms with Crippen LogP contribution in [0.15, 0.2) is 35.1 Å². The Morgan fingerprint density at radius 1 is 1.11 bits per heavy atom. The fourth-order valence-corrected chi connectivity index (χ4v) is 4.19. The van der Waals surface area contributed by atoms with Gasteiger partial charge in [-0.25, -0.2) is 4.98 Å². The van der Waals surface area contributed by atoms with Crippen LogP contribution in [0, 0.1) is 6.92 Å². The smallest absolute Gasteiger partial charge is 0.254 e. The Morgan fingerprint density at radius 3 is 2.70 bits per heavy atom. The molecule has 0 saturated carbocycles. The van der Waals surface area contributed by atoms with Gasteiger partial charge in [0, 0.05) is 25.1 Å². The van der Waals surface area contributed by atoms with Crippen molar-refractivity contribution in [3.8, 4) is 0 Å². The third-order valence-electron chi connectivity index (χ3n) is 5.84. The predicted octanol–water partition coefficient (Wildman–Crippen LogP) is 3.68. The van der Waals surface area contributed by atoms with Gasteiger partial charge < -0.3 is 4.98 Å². The summed E-state index contributed by atoms with van der Waals surface area (Å²) in [5.41, 5.74) is 6.20. The number of nitrogens with one attached hydrogen (secondary N) is 1. The molecule has 0 spiro atoms. The number of H-pyrrole nitrogens is 1. The maximum atomic E-state index is 12.2. The van der Waals surface area contributed by atoms with Crippen molar-refractivity contribution in [3.05, 3.63) is 68.9 Å². The van der Waals surface area contributed by atoms with Crippen LogP contribution in [0.25, 0.3) is 5.57 Å². The number of rotatable bonds is 5. The second-order valence-corrected chi connectivity index (χ2v) is 7.89. The summed E-state index contributed by atoms with van der Waals surface area (Å²) in [6.45, 7) is 5.30. The van der Waals surface area contributed by atoms with Gasteiger partial charge in [0.2, 0.25) is 0 Å². The molecule has 4 heteroatoms. The van der Waals surface area contributed by atoms with Crippen LogP contribution < -0.4 is 5.56 Å². The first-order valence-electron chi connectivity index (χ1n) is 10.3. The van der Waals surface area contributed by atoms with E-state index in [0.717, 1.165) is 81.7 Å². The third kappa shape index (κ3) is 4.38. The van der Waals surface area contributed by atoms with E-state index in [1.54, 1.807) is 0 Å². The number of aryl methyl sites for hydroxylation is 3. The molecule has 0 amide bonds. The zero-order valence-electron chi connectivity index (χ0n) is 16.3. The summed E-state index contributed by atoms with van der Waals surface area (Å²) in [6, 6.07) is 8.84. The van der Waals surface area contributed by atoms with Crippen molar-refractivity contribution in [1.82, 2.24) is 14.9 Å². The molecular weight excluding hydrogens is 334 g/mol. The van der Waals surface area contributed by atoms with Crippen molar-refractivity contribution in [1.29, 1.82) is 0 Å². The second kappa shape index (κ2) is 8.22. The van der Waals surface area contributed by atoms with E-state index in [9.17, 15) is 4.79 Å². The molecule has 4 nitrogen and oxygen atoms in total. The Bertz CT molecular complexity index is 879. The molecule has 2 aromatic rings. The number of fused-ring (bicyclic) bond motifs is 1. The van der Waals surface area contributed by atoms with Crippen molar-refractivity contribution >= 4 is 5.57 Å². The van der Waals surface area contributed by atoms with Crippen LogP contribution in [0.3, 0.4) is 0 Å². The molecule has 0 bridgehead atoms. The number of nitrogens with zero attached hydrogens (tertiary/aromatic N) is 2.